The molecule has 0 atom stereocenters. The average Bonchev–Trinajstić information content (AvgIpc) is 2.92. The van der Waals surface area contributed by atoms with Crippen LogP contribution in [0.25, 0.3) is 0 Å². The van der Waals surface area contributed by atoms with Gasteiger partial charge in [-0.3, -0.25) is 20.4 Å². The van der Waals surface area contributed by atoms with E-state index in [9.17, 15) is 24.9 Å². The number of benzene rings is 4. The van der Waals surface area contributed by atoms with Gasteiger partial charge < -0.3 is 25.4 Å². The summed E-state index contributed by atoms with van der Waals surface area (Å²) in [7, 11) is 0. The van der Waals surface area contributed by atoms with Gasteiger partial charge in [0.2, 0.25) is 0 Å². The van der Waals surface area contributed by atoms with Crippen molar-refractivity contribution in [2.75, 3.05) is 10.8 Å². The standard InChI is InChI=1S/C28H24N2O9/c31-21-6-1-17(18(13-21)16-38-36)15-37-30-20-4-10-24(11-5-20)39-23-8-2-19(3-9-23)29-27(33)25-12-7-22(32)14-26(25)28(34)35/h1-14,30-32,36H,15-16H2,(H,29,33)(H,34,35). The Bertz CT molecular complexity index is 1460. The highest BCUT2D eigenvalue weighted by Gasteiger charge is 2.17. The van der Waals surface area contributed by atoms with Gasteiger partial charge >= 0.3 is 5.97 Å². The molecule has 0 radical (unpaired) electrons. The average molecular weight is 533 g/mol. The van der Waals surface area contributed by atoms with Crippen LogP contribution >= 0.6 is 0 Å². The minimum Gasteiger partial charge on any atom is -0.508 e. The lowest BCUT2D eigenvalue weighted by Gasteiger charge is -2.12. The highest BCUT2D eigenvalue weighted by atomic mass is 17.1. The molecule has 0 saturated heterocycles. The van der Waals surface area contributed by atoms with Crippen molar-refractivity contribution in [2.24, 2.45) is 0 Å². The number of hydrogen-bond acceptors (Lipinski definition) is 9. The van der Waals surface area contributed by atoms with Crippen molar-refractivity contribution in [3.05, 3.63) is 107 Å². The molecule has 0 aliphatic rings. The number of anilines is 2. The number of hydrogen-bond donors (Lipinski definition) is 6. The second-order valence-corrected chi connectivity index (χ2v) is 8.26. The van der Waals surface area contributed by atoms with Crippen LogP contribution in [0.3, 0.4) is 0 Å². The summed E-state index contributed by atoms with van der Waals surface area (Å²) in [6.07, 6.45) is 0. The predicted molar refractivity (Wildman–Crippen MR) is 140 cm³/mol. The Kier molecular flexibility index (Phi) is 8.59. The van der Waals surface area contributed by atoms with E-state index in [1.54, 1.807) is 54.6 Å². The van der Waals surface area contributed by atoms with Gasteiger partial charge in [0.05, 0.1) is 23.4 Å². The summed E-state index contributed by atoms with van der Waals surface area (Å²) in [6, 6.07) is 21.6. The van der Waals surface area contributed by atoms with Crippen LogP contribution in [0.1, 0.15) is 31.8 Å². The third-order valence-electron chi connectivity index (χ3n) is 5.51. The van der Waals surface area contributed by atoms with E-state index in [-0.39, 0.29) is 35.8 Å². The van der Waals surface area contributed by atoms with Gasteiger partial charge in [0.15, 0.2) is 0 Å². The number of phenols is 2. The highest BCUT2D eigenvalue weighted by Crippen LogP contribution is 2.26. The number of carboxylic acid groups (broad SMARTS) is 1. The lowest BCUT2D eigenvalue weighted by atomic mass is 10.1. The van der Waals surface area contributed by atoms with Crippen molar-refractivity contribution in [3.8, 4) is 23.0 Å². The largest absolute Gasteiger partial charge is 0.508 e. The van der Waals surface area contributed by atoms with Crippen molar-refractivity contribution < 1.29 is 44.6 Å². The topological polar surface area (TPSA) is 167 Å². The minimum absolute atomic E-state index is 0.0529. The molecule has 0 aliphatic carbocycles. The van der Waals surface area contributed by atoms with Gasteiger partial charge in [-0.15, -0.1) is 0 Å². The van der Waals surface area contributed by atoms with Crippen molar-refractivity contribution >= 4 is 23.3 Å². The molecule has 0 saturated carbocycles. The maximum atomic E-state index is 12.5. The van der Waals surface area contributed by atoms with E-state index in [0.29, 0.717) is 28.4 Å². The van der Waals surface area contributed by atoms with E-state index in [4.69, 9.17) is 14.8 Å². The summed E-state index contributed by atoms with van der Waals surface area (Å²) in [5.41, 5.74) is 4.81. The highest BCUT2D eigenvalue weighted by molar-refractivity contribution is 6.10. The number of nitrogens with one attached hydrogen (secondary N) is 2. The van der Waals surface area contributed by atoms with Crippen LogP contribution in [0.15, 0.2) is 84.9 Å². The Morgan fingerprint density at radius 2 is 1.31 bits per heavy atom. The molecule has 11 heteroatoms. The van der Waals surface area contributed by atoms with Gasteiger partial charge in [-0.1, -0.05) is 6.07 Å². The summed E-state index contributed by atoms with van der Waals surface area (Å²) < 4.78 is 5.82. The third-order valence-corrected chi connectivity index (χ3v) is 5.51. The van der Waals surface area contributed by atoms with Crippen LogP contribution in [0.2, 0.25) is 0 Å². The summed E-state index contributed by atoms with van der Waals surface area (Å²) >= 11 is 0. The molecule has 4 aromatic carbocycles. The molecule has 6 N–H and O–H groups in total. The van der Waals surface area contributed by atoms with Crippen LogP contribution < -0.4 is 15.5 Å². The van der Waals surface area contributed by atoms with Crippen LogP contribution in [0.4, 0.5) is 11.4 Å². The lowest BCUT2D eigenvalue weighted by molar-refractivity contribution is -0.253. The number of carboxylic acids is 1. The monoisotopic (exact) mass is 532 g/mol. The Labute approximate surface area is 222 Å². The summed E-state index contributed by atoms with van der Waals surface area (Å²) in [5.74, 6) is -1.10. The van der Waals surface area contributed by atoms with E-state index in [0.717, 1.165) is 11.6 Å². The fourth-order valence-corrected chi connectivity index (χ4v) is 3.59. The van der Waals surface area contributed by atoms with E-state index in [2.05, 4.69) is 15.7 Å². The first-order valence-electron chi connectivity index (χ1n) is 11.5. The number of aromatic carboxylic acids is 1. The first-order valence-corrected chi connectivity index (χ1v) is 11.5. The van der Waals surface area contributed by atoms with E-state index < -0.39 is 11.9 Å². The van der Waals surface area contributed by atoms with Gasteiger partial charge in [-0.2, -0.15) is 0 Å². The van der Waals surface area contributed by atoms with Crippen molar-refractivity contribution in [1.29, 1.82) is 0 Å². The molecule has 0 heterocycles. The van der Waals surface area contributed by atoms with Crippen molar-refractivity contribution in [3.63, 3.8) is 0 Å². The Hall–Kier alpha value is -5.10. The molecule has 0 fully saturated rings. The number of amides is 1. The van der Waals surface area contributed by atoms with Crippen molar-refractivity contribution in [2.45, 2.75) is 13.2 Å². The first-order chi connectivity index (χ1) is 18.8. The maximum absolute atomic E-state index is 12.5. The molecule has 4 rings (SSSR count). The fraction of sp³-hybridized carbons (Fsp3) is 0.0714. The van der Waals surface area contributed by atoms with Crippen LogP contribution in [0.5, 0.6) is 23.0 Å². The Balaban J connectivity index is 1.30. The summed E-state index contributed by atoms with van der Waals surface area (Å²) in [5, 5.41) is 39.7. The number of phenolic OH excluding ortho intramolecular Hbond substituents is 2. The van der Waals surface area contributed by atoms with Gasteiger partial charge in [0.25, 0.3) is 5.91 Å². The SMILES string of the molecule is O=C(O)c1cc(O)ccc1C(=O)Nc1ccc(Oc2ccc(NOCc3ccc(O)cc3COO)cc2)cc1. The van der Waals surface area contributed by atoms with Gasteiger partial charge in [0.1, 0.15) is 29.6 Å². The van der Waals surface area contributed by atoms with Gasteiger partial charge in [-0.05, 0) is 90.0 Å². The third kappa shape index (κ3) is 7.23. The summed E-state index contributed by atoms with van der Waals surface area (Å²) in [6.45, 7) is 0.0705. The molecule has 0 spiro atoms. The zero-order valence-corrected chi connectivity index (χ0v) is 20.3. The smallest absolute Gasteiger partial charge is 0.336 e. The Morgan fingerprint density at radius 3 is 1.95 bits per heavy atom. The predicted octanol–water partition coefficient (Wildman–Crippen LogP) is 5.37. The molecule has 11 nitrogen and oxygen atoms in total. The zero-order chi connectivity index (χ0) is 27.8. The number of carbonyl (C=O) groups excluding carboxylic acids is 1. The second kappa shape index (κ2) is 12.4. The molecule has 0 aromatic heterocycles. The molecule has 0 unspecified atom stereocenters. The molecular weight excluding hydrogens is 508 g/mol. The van der Waals surface area contributed by atoms with E-state index in [1.165, 1.54) is 24.3 Å². The number of aromatic hydroxyl groups is 2. The maximum Gasteiger partial charge on any atom is 0.336 e. The quantitative estimate of drug-likeness (QED) is 0.109. The molecule has 4 aromatic rings. The number of ether oxygens (including phenoxy) is 1. The fourth-order valence-electron chi connectivity index (χ4n) is 3.59. The zero-order valence-electron chi connectivity index (χ0n) is 20.3. The normalized spacial score (nSPS) is 10.6. The first kappa shape index (κ1) is 26.9. The summed E-state index contributed by atoms with van der Waals surface area (Å²) in [4.78, 5) is 33.6. The molecule has 39 heavy (non-hydrogen) atoms. The van der Waals surface area contributed by atoms with Crippen LogP contribution in [-0.2, 0) is 22.9 Å². The van der Waals surface area contributed by atoms with Gasteiger partial charge in [0, 0.05) is 5.69 Å². The molecule has 0 bridgehead atoms. The van der Waals surface area contributed by atoms with Gasteiger partial charge in [-0.25, -0.2) is 9.68 Å². The van der Waals surface area contributed by atoms with E-state index in [1.807, 2.05) is 0 Å². The number of carbonyl (C=O) groups is 2. The molecular formula is C28H24N2O9. The molecule has 0 aliphatic heterocycles. The van der Waals surface area contributed by atoms with E-state index >= 15 is 0 Å². The Morgan fingerprint density at radius 1 is 0.692 bits per heavy atom. The number of rotatable bonds is 11. The van der Waals surface area contributed by atoms with Crippen molar-refractivity contribution in [1.82, 2.24) is 0 Å². The molecule has 1 amide bonds. The minimum atomic E-state index is -1.33. The van der Waals surface area contributed by atoms with Crippen LogP contribution in [0, 0.1) is 0 Å². The second-order valence-electron chi connectivity index (χ2n) is 8.26. The lowest BCUT2D eigenvalue weighted by Crippen LogP contribution is -2.16. The molecule has 200 valence electrons. The van der Waals surface area contributed by atoms with Crippen LogP contribution in [-0.4, -0.2) is 32.5 Å².